The molecule has 2 rings (SSSR count). The van der Waals surface area contributed by atoms with Crippen LogP contribution in [0, 0.1) is 11.8 Å². The molecule has 0 aromatic heterocycles. The van der Waals surface area contributed by atoms with Crippen LogP contribution in [0.4, 0.5) is 0 Å². The van der Waals surface area contributed by atoms with E-state index in [2.05, 4.69) is 18.7 Å². The Kier molecular flexibility index (Phi) is 4.54. The highest BCUT2D eigenvalue weighted by Crippen LogP contribution is 2.38. The average molecular weight is 267 g/mol. The molecule has 110 valence electrons. The van der Waals surface area contributed by atoms with Crippen molar-refractivity contribution < 1.29 is 9.90 Å². The van der Waals surface area contributed by atoms with Gasteiger partial charge in [0, 0.05) is 6.04 Å². The Morgan fingerprint density at radius 2 is 1.84 bits per heavy atom. The quantitative estimate of drug-likeness (QED) is 0.850. The van der Waals surface area contributed by atoms with Gasteiger partial charge in [0.2, 0.25) is 0 Å². The van der Waals surface area contributed by atoms with Crippen molar-refractivity contribution in [2.45, 2.75) is 77.3 Å². The van der Waals surface area contributed by atoms with E-state index < -0.39 is 11.5 Å². The van der Waals surface area contributed by atoms with E-state index in [0.717, 1.165) is 37.6 Å². The monoisotopic (exact) mass is 267 g/mol. The van der Waals surface area contributed by atoms with Crippen LogP contribution in [0.25, 0.3) is 0 Å². The minimum absolute atomic E-state index is 0.497. The number of aliphatic carboxylic acids is 1. The maximum absolute atomic E-state index is 11.7. The van der Waals surface area contributed by atoms with Crippen LogP contribution in [0.15, 0.2) is 0 Å². The van der Waals surface area contributed by atoms with Gasteiger partial charge in [-0.15, -0.1) is 0 Å². The molecule has 2 fully saturated rings. The highest BCUT2D eigenvalue weighted by atomic mass is 16.4. The molecule has 1 atom stereocenters. The maximum atomic E-state index is 11.7. The smallest absolute Gasteiger partial charge is 0.323 e. The van der Waals surface area contributed by atoms with Crippen molar-refractivity contribution in [2.75, 3.05) is 6.54 Å². The van der Waals surface area contributed by atoms with Gasteiger partial charge in [-0.2, -0.15) is 0 Å². The summed E-state index contributed by atoms with van der Waals surface area (Å²) in [7, 11) is 0. The number of rotatable bonds is 3. The summed E-state index contributed by atoms with van der Waals surface area (Å²) in [6.07, 6.45) is 7.94. The van der Waals surface area contributed by atoms with E-state index in [0.29, 0.717) is 6.04 Å². The third kappa shape index (κ3) is 2.96. The predicted molar refractivity (Wildman–Crippen MR) is 77.2 cm³/mol. The van der Waals surface area contributed by atoms with Crippen LogP contribution in [0.3, 0.4) is 0 Å². The number of hydrogen-bond acceptors (Lipinski definition) is 2. The van der Waals surface area contributed by atoms with Gasteiger partial charge < -0.3 is 5.11 Å². The first-order chi connectivity index (χ1) is 8.95. The van der Waals surface area contributed by atoms with Crippen molar-refractivity contribution in [3.63, 3.8) is 0 Å². The van der Waals surface area contributed by atoms with Gasteiger partial charge >= 0.3 is 5.97 Å². The molecule has 1 aliphatic heterocycles. The number of carboxylic acid groups (broad SMARTS) is 1. The first-order valence-electron chi connectivity index (χ1n) is 7.95. The minimum Gasteiger partial charge on any atom is -0.480 e. The summed E-state index contributed by atoms with van der Waals surface area (Å²) in [5, 5.41) is 9.60. The molecule has 2 aliphatic rings. The minimum atomic E-state index is -0.627. The van der Waals surface area contributed by atoms with Crippen molar-refractivity contribution in [2.24, 2.45) is 11.8 Å². The van der Waals surface area contributed by atoms with Crippen molar-refractivity contribution >= 4 is 5.97 Å². The highest BCUT2D eigenvalue weighted by molar-refractivity contribution is 5.78. The van der Waals surface area contributed by atoms with Crippen molar-refractivity contribution in [1.82, 2.24) is 4.90 Å². The lowest BCUT2D eigenvalue weighted by Gasteiger charge is -2.48. The second kappa shape index (κ2) is 5.82. The molecule has 0 aromatic rings. The van der Waals surface area contributed by atoms with E-state index in [4.69, 9.17) is 0 Å². The Morgan fingerprint density at radius 1 is 1.21 bits per heavy atom. The van der Waals surface area contributed by atoms with Gasteiger partial charge in [-0.1, -0.05) is 13.8 Å². The Balaban J connectivity index is 2.02. The number of nitrogens with zero attached hydrogens (tertiary/aromatic N) is 1. The van der Waals surface area contributed by atoms with E-state index in [-0.39, 0.29) is 0 Å². The third-order valence-corrected chi connectivity index (χ3v) is 5.53. The van der Waals surface area contributed by atoms with E-state index in [9.17, 15) is 9.90 Å². The summed E-state index contributed by atoms with van der Waals surface area (Å²) in [6, 6.07) is 0.497. The standard InChI is InChI=1S/C16H29NO2/c1-12(2)13-6-8-14(9-7-13)17-11-5-4-10-16(17,3)15(18)19/h12-14H,4-11H2,1-3H3,(H,18,19). The van der Waals surface area contributed by atoms with Gasteiger partial charge in [-0.3, -0.25) is 9.69 Å². The van der Waals surface area contributed by atoms with E-state index in [1.54, 1.807) is 0 Å². The van der Waals surface area contributed by atoms with Gasteiger partial charge in [0.25, 0.3) is 0 Å². The Labute approximate surface area is 117 Å². The van der Waals surface area contributed by atoms with Crippen molar-refractivity contribution in [1.29, 1.82) is 0 Å². The molecule has 1 saturated carbocycles. The second-order valence-electron chi connectivity index (χ2n) is 7.04. The molecule has 1 aliphatic carbocycles. The van der Waals surface area contributed by atoms with Crippen molar-refractivity contribution in [3.05, 3.63) is 0 Å². The summed E-state index contributed by atoms with van der Waals surface area (Å²) in [5.74, 6) is 0.989. The number of carboxylic acids is 1. The van der Waals surface area contributed by atoms with Crippen LogP contribution in [0.1, 0.15) is 65.7 Å². The van der Waals surface area contributed by atoms with Crippen LogP contribution in [-0.2, 0) is 4.79 Å². The van der Waals surface area contributed by atoms with Gasteiger partial charge in [-0.05, 0) is 70.3 Å². The predicted octanol–water partition coefficient (Wildman–Crippen LogP) is 3.53. The topological polar surface area (TPSA) is 40.5 Å². The zero-order valence-corrected chi connectivity index (χ0v) is 12.7. The molecule has 1 unspecified atom stereocenters. The lowest BCUT2D eigenvalue weighted by molar-refractivity contribution is -0.156. The maximum Gasteiger partial charge on any atom is 0.323 e. The lowest BCUT2D eigenvalue weighted by Crippen LogP contribution is -2.59. The number of carbonyl (C=O) groups is 1. The molecule has 1 heterocycles. The largest absolute Gasteiger partial charge is 0.480 e. The summed E-state index contributed by atoms with van der Waals surface area (Å²) in [5.41, 5.74) is -0.617. The molecule has 19 heavy (non-hydrogen) atoms. The second-order valence-corrected chi connectivity index (χ2v) is 7.04. The van der Waals surface area contributed by atoms with E-state index in [1.165, 1.54) is 25.7 Å². The zero-order valence-electron chi connectivity index (χ0n) is 12.7. The van der Waals surface area contributed by atoms with Gasteiger partial charge in [0.1, 0.15) is 5.54 Å². The Hall–Kier alpha value is -0.570. The fraction of sp³-hybridized carbons (Fsp3) is 0.938. The normalized spacial score (nSPS) is 37.5. The molecule has 0 spiro atoms. The van der Waals surface area contributed by atoms with Crippen LogP contribution in [0.2, 0.25) is 0 Å². The Morgan fingerprint density at radius 3 is 2.37 bits per heavy atom. The van der Waals surface area contributed by atoms with Crippen LogP contribution in [-0.4, -0.2) is 34.1 Å². The molecule has 1 saturated heterocycles. The summed E-state index contributed by atoms with van der Waals surface area (Å²) < 4.78 is 0. The van der Waals surface area contributed by atoms with E-state index >= 15 is 0 Å². The van der Waals surface area contributed by atoms with Gasteiger partial charge in [0.05, 0.1) is 0 Å². The zero-order chi connectivity index (χ0) is 14.0. The SMILES string of the molecule is CC(C)C1CCC(N2CCCCC2(C)C(=O)O)CC1. The number of likely N-dealkylation sites (tertiary alicyclic amines) is 1. The first kappa shape index (κ1) is 14.8. The fourth-order valence-electron chi connectivity index (χ4n) is 4.04. The summed E-state index contributed by atoms with van der Waals surface area (Å²) >= 11 is 0. The number of hydrogen-bond donors (Lipinski definition) is 1. The van der Waals surface area contributed by atoms with Gasteiger partial charge in [0.15, 0.2) is 0 Å². The summed E-state index contributed by atoms with van der Waals surface area (Å²) in [6.45, 7) is 7.53. The first-order valence-corrected chi connectivity index (χ1v) is 7.95. The summed E-state index contributed by atoms with van der Waals surface area (Å²) in [4.78, 5) is 14.0. The third-order valence-electron chi connectivity index (χ3n) is 5.53. The number of piperidine rings is 1. The molecule has 3 heteroatoms. The van der Waals surface area contributed by atoms with Crippen LogP contribution >= 0.6 is 0 Å². The molecular weight excluding hydrogens is 238 g/mol. The Bertz CT molecular complexity index is 321. The molecule has 0 radical (unpaired) electrons. The molecule has 0 amide bonds. The van der Waals surface area contributed by atoms with Crippen LogP contribution in [0.5, 0.6) is 0 Å². The highest BCUT2D eigenvalue weighted by Gasteiger charge is 2.45. The molecule has 1 N–H and O–H groups in total. The average Bonchev–Trinajstić information content (AvgIpc) is 2.39. The fourth-order valence-corrected chi connectivity index (χ4v) is 4.04. The molecule has 0 aromatic carbocycles. The van der Waals surface area contributed by atoms with Crippen LogP contribution < -0.4 is 0 Å². The lowest BCUT2D eigenvalue weighted by atomic mass is 9.77. The molecule has 0 bridgehead atoms. The van der Waals surface area contributed by atoms with E-state index in [1.807, 2.05) is 6.92 Å². The van der Waals surface area contributed by atoms with Gasteiger partial charge in [-0.25, -0.2) is 0 Å². The van der Waals surface area contributed by atoms with Crippen molar-refractivity contribution in [3.8, 4) is 0 Å². The molecular formula is C16H29NO2. The molecule has 3 nitrogen and oxygen atoms in total.